The lowest BCUT2D eigenvalue weighted by molar-refractivity contribution is -0.119. The van der Waals surface area contributed by atoms with Crippen molar-refractivity contribution < 1.29 is 9.58 Å². The van der Waals surface area contributed by atoms with Crippen molar-refractivity contribution in [3.8, 4) is 0 Å². The quantitative estimate of drug-likeness (QED) is 0.402. The lowest BCUT2D eigenvalue weighted by atomic mass is 9.83. The molecule has 1 aliphatic carbocycles. The molecule has 1 aliphatic heterocycles. The maximum absolute atomic E-state index is 11.4. The number of carbonyl (C=O) groups is 1. The molecular weight excluding hydrogens is 180 g/mol. The Morgan fingerprint density at radius 3 is 3.07 bits per heavy atom. The van der Waals surface area contributed by atoms with Gasteiger partial charge in [0.1, 0.15) is 6.34 Å². The van der Waals surface area contributed by atoms with E-state index in [2.05, 4.69) is 14.8 Å². The van der Waals surface area contributed by atoms with Gasteiger partial charge in [0.2, 0.25) is 0 Å². The number of fused-ring (bicyclic) bond motifs is 1. The summed E-state index contributed by atoms with van der Waals surface area (Å²) >= 11 is 0. The summed E-state index contributed by atoms with van der Waals surface area (Å²) in [6, 6.07) is 0. The molecule has 0 saturated carbocycles. The molecule has 70 valence electrons. The Kier molecular flexibility index (Phi) is 1.94. The molecule has 2 unspecified atom stereocenters. The summed E-state index contributed by atoms with van der Waals surface area (Å²) in [5.74, 6) is -0.967. The Hall–Kier alpha value is -1.87. The van der Waals surface area contributed by atoms with Crippen molar-refractivity contribution in [2.45, 2.75) is 6.92 Å². The molecule has 0 aromatic heterocycles. The van der Waals surface area contributed by atoms with Crippen LogP contribution in [-0.2, 0) is 4.79 Å². The summed E-state index contributed by atoms with van der Waals surface area (Å²) in [4.78, 5) is 22.1. The fraction of sp³-hybridized carbons (Fsp3) is 0.333. The van der Waals surface area contributed by atoms with Gasteiger partial charge in [0.15, 0.2) is 5.92 Å². The van der Waals surface area contributed by atoms with E-state index >= 15 is 0 Å². The minimum atomic E-state index is -0.593. The third kappa shape index (κ3) is 1.15. The zero-order chi connectivity index (χ0) is 10.1. The van der Waals surface area contributed by atoms with Gasteiger partial charge in [-0.25, -0.2) is 9.98 Å². The molecule has 0 fully saturated rings. The Labute approximate surface area is 80.5 Å². The van der Waals surface area contributed by atoms with Gasteiger partial charge in [0.25, 0.3) is 11.6 Å². The number of hydrogen-bond donors (Lipinski definition) is 0. The van der Waals surface area contributed by atoms with E-state index in [-0.39, 0.29) is 11.8 Å². The van der Waals surface area contributed by atoms with Crippen LogP contribution in [-0.4, -0.2) is 28.5 Å². The molecule has 5 heteroatoms. The van der Waals surface area contributed by atoms with Gasteiger partial charge in [-0.1, -0.05) is 6.08 Å². The summed E-state index contributed by atoms with van der Waals surface area (Å²) in [6.07, 6.45) is 4.84. The third-order valence-corrected chi connectivity index (χ3v) is 2.37. The molecule has 2 rings (SSSR count). The average Bonchev–Trinajstić information content (AvgIpc) is 2.19. The molecule has 5 nitrogen and oxygen atoms in total. The Morgan fingerprint density at radius 2 is 2.36 bits per heavy atom. The maximum Gasteiger partial charge on any atom is 0.293 e. The van der Waals surface area contributed by atoms with Crippen LogP contribution in [0, 0.1) is 11.8 Å². The summed E-state index contributed by atoms with van der Waals surface area (Å²) in [5, 5.41) is 0. The van der Waals surface area contributed by atoms with Crippen molar-refractivity contribution >= 4 is 23.7 Å². The molecule has 1 amide bonds. The van der Waals surface area contributed by atoms with Gasteiger partial charge >= 0.3 is 0 Å². The molecule has 2 atom stereocenters. The van der Waals surface area contributed by atoms with E-state index in [1.165, 1.54) is 6.34 Å². The van der Waals surface area contributed by atoms with Gasteiger partial charge < -0.3 is 5.53 Å². The molecule has 0 spiro atoms. The number of amides is 1. The first kappa shape index (κ1) is 8.72. The third-order valence-electron chi connectivity index (χ3n) is 2.37. The standard InChI is InChI=1S/C9H8N4O/c1-5-2-3-6-7(8(5)13-10)9(14)12-4-11-6/h2-5,7H,1H3. The zero-order valence-electron chi connectivity index (χ0n) is 7.58. The average molecular weight is 188 g/mol. The lowest BCUT2D eigenvalue weighted by Crippen LogP contribution is -2.38. The molecule has 0 saturated heterocycles. The van der Waals surface area contributed by atoms with Gasteiger partial charge in [-0.3, -0.25) is 4.79 Å². The Morgan fingerprint density at radius 1 is 1.57 bits per heavy atom. The van der Waals surface area contributed by atoms with Crippen LogP contribution in [0.3, 0.4) is 0 Å². The van der Waals surface area contributed by atoms with Crippen LogP contribution in [0.15, 0.2) is 22.1 Å². The van der Waals surface area contributed by atoms with Crippen LogP contribution >= 0.6 is 0 Å². The van der Waals surface area contributed by atoms with Crippen molar-refractivity contribution in [1.29, 1.82) is 0 Å². The van der Waals surface area contributed by atoms with Crippen molar-refractivity contribution in [1.82, 2.24) is 0 Å². The van der Waals surface area contributed by atoms with Crippen LogP contribution < -0.4 is 0 Å². The van der Waals surface area contributed by atoms with Gasteiger partial charge in [-0.05, 0) is 13.0 Å². The number of carbonyl (C=O) groups excluding carboxylic acids is 1. The Bertz CT molecular complexity index is 426. The molecule has 2 aliphatic rings. The summed E-state index contributed by atoms with van der Waals surface area (Å²) in [5.41, 5.74) is 9.82. The van der Waals surface area contributed by atoms with Crippen molar-refractivity contribution in [2.75, 3.05) is 0 Å². The highest BCUT2D eigenvalue weighted by molar-refractivity contribution is 6.29. The van der Waals surface area contributed by atoms with E-state index in [0.29, 0.717) is 11.4 Å². The minimum Gasteiger partial charge on any atom is -0.362 e. The van der Waals surface area contributed by atoms with Crippen LogP contribution in [0.2, 0.25) is 0 Å². The topological polar surface area (TPSA) is 78.2 Å². The fourth-order valence-corrected chi connectivity index (χ4v) is 1.60. The number of hydrogen-bond acceptors (Lipinski definition) is 2. The number of nitrogens with zero attached hydrogens (tertiary/aromatic N) is 4. The first-order valence-electron chi connectivity index (χ1n) is 4.28. The van der Waals surface area contributed by atoms with Crippen molar-refractivity contribution in [3.63, 3.8) is 0 Å². The SMILES string of the molecule is CC1C=CC2=NC=NC(=O)C2C1=[N+]=[N-]. The summed E-state index contributed by atoms with van der Waals surface area (Å²) in [6.45, 7) is 1.86. The lowest BCUT2D eigenvalue weighted by Gasteiger charge is -2.18. The van der Waals surface area contributed by atoms with Gasteiger partial charge in [-0.2, -0.15) is 4.79 Å². The van der Waals surface area contributed by atoms with Crippen LogP contribution in [0.5, 0.6) is 0 Å². The molecule has 0 N–H and O–H groups in total. The second kappa shape index (κ2) is 3.12. The molecule has 0 aromatic carbocycles. The maximum atomic E-state index is 11.4. The highest BCUT2D eigenvalue weighted by Gasteiger charge is 2.41. The highest BCUT2D eigenvalue weighted by Crippen LogP contribution is 2.20. The molecule has 1 heterocycles. The predicted molar refractivity (Wildman–Crippen MR) is 51.4 cm³/mol. The second-order valence-corrected chi connectivity index (χ2v) is 3.24. The zero-order valence-corrected chi connectivity index (χ0v) is 7.58. The fourth-order valence-electron chi connectivity index (χ4n) is 1.60. The first-order chi connectivity index (χ1) is 6.74. The molecular formula is C9H8N4O. The molecule has 0 aromatic rings. The number of allylic oxidation sites excluding steroid dienone is 2. The van der Waals surface area contributed by atoms with Gasteiger partial charge in [0.05, 0.1) is 11.6 Å². The number of aliphatic imine (C=N–C) groups is 2. The van der Waals surface area contributed by atoms with E-state index in [4.69, 9.17) is 5.53 Å². The predicted octanol–water partition coefficient (Wildman–Crippen LogP) is 0.489. The highest BCUT2D eigenvalue weighted by atomic mass is 16.1. The monoisotopic (exact) mass is 188 g/mol. The number of rotatable bonds is 0. The van der Waals surface area contributed by atoms with Gasteiger partial charge in [-0.15, -0.1) is 0 Å². The van der Waals surface area contributed by atoms with E-state index < -0.39 is 5.92 Å². The van der Waals surface area contributed by atoms with E-state index in [1.807, 2.05) is 13.0 Å². The Balaban J connectivity index is 2.55. The van der Waals surface area contributed by atoms with Crippen molar-refractivity contribution in [3.05, 3.63) is 17.7 Å². The van der Waals surface area contributed by atoms with Crippen molar-refractivity contribution in [2.24, 2.45) is 21.8 Å². The normalized spacial score (nSPS) is 29.6. The largest absolute Gasteiger partial charge is 0.362 e. The second-order valence-electron chi connectivity index (χ2n) is 3.24. The molecule has 0 radical (unpaired) electrons. The minimum absolute atomic E-state index is 0.0544. The van der Waals surface area contributed by atoms with Gasteiger partial charge in [0, 0.05) is 0 Å². The van der Waals surface area contributed by atoms with Crippen LogP contribution in [0.4, 0.5) is 0 Å². The first-order valence-corrected chi connectivity index (χ1v) is 4.28. The van der Waals surface area contributed by atoms with E-state index in [9.17, 15) is 4.79 Å². The van der Waals surface area contributed by atoms with Crippen LogP contribution in [0.1, 0.15) is 6.92 Å². The van der Waals surface area contributed by atoms with E-state index in [1.54, 1.807) is 6.08 Å². The summed E-state index contributed by atoms with van der Waals surface area (Å²) in [7, 11) is 0. The smallest absolute Gasteiger partial charge is 0.293 e. The summed E-state index contributed by atoms with van der Waals surface area (Å²) < 4.78 is 0. The molecule has 0 bridgehead atoms. The van der Waals surface area contributed by atoms with E-state index in [0.717, 1.165) is 0 Å². The van der Waals surface area contributed by atoms with Crippen LogP contribution in [0.25, 0.3) is 5.53 Å². The molecule has 14 heavy (non-hydrogen) atoms.